The summed E-state index contributed by atoms with van der Waals surface area (Å²) >= 11 is 0. The molecule has 4 fully saturated rings. The minimum Gasteiger partial charge on any atom is -0.472 e. The third kappa shape index (κ3) is 6.55. The zero-order valence-corrected chi connectivity index (χ0v) is 27.3. The molecule has 4 heterocycles. The van der Waals surface area contributed by atoms with Gasteiger partial charge in [0.2, 0.25) is 6.29 Å². The van der Waals surface area contributed by atoms with Gasteiger partial charge in [0.15, 0.2) is 24.8 Å². The van der Waals surface area contributed by atoms with Crippen LogP contribution in [-0.4, -0.2) is 141 Å². The number of rotatable bonds is 10. The monoisotopic (exact) mass is 716 g/mol. The molecule has 0 radical (unpaired) electrons. The first-order valence-electron chi connectivity index (χ1n) is 16.7. The molecule has 16 heteroatoms. The summed E-state index contributed by atoms with van der Waals surface area (Å²) in [6.45, 7) is 0.417. The Morgan fingerprint density at radius 2 is 1.33 bits per heavy atom. The molecule has 5 aliphatic rings. The van der Waals surface area contributed by atoms with Crippen molar-refractivity contribution in [3.05, 3.63) is 84.1 Å². The topological polar surface area (TPSA) is 233 Å². The van der Waals surface area contributed by atoms with Gasteiger partial charge in [-0.3, -0.25) is 0 Å². The van der Waals surface area contributed by atoms with Crippen LogP contribution in [0.4, 0.5) is 0 Å². The minimum atomic E-state index is -1.71. The van der Waals surface area contributed by atoms with Gasteiger partial charge < -0.3 is 68.5 Å². The van der Waals surface area contributed by atoms with Crippen LogP contribution >= 0.6 is 0 Å². The van der Waals surface area contributed by atoms with Gasteiger partial charge in [0, 0.05) is 5.92 Å². The van der Waals surface area contributed by atoms with Gasteiger partial charge in [-0.1, -0.05) is 36.4 Å². The average molecular weight is 717 g/mol. The Labute approximate surface area is 291 Å². The summed E-state index contributed by atoms with van der Waals surface area (Å²) in [5.41, 5.74) is -0.817. The molecule has 0 bridgehead atoms. The number of hydrogen-bond donors (Lipinski definition) is 6. The number of aliphatic hydroxyl groups excluding tert-OH is 6. The van der Waals surface area contributed by atoms with Gasteiger partial charge in [-0.2, -0.15) is 0 Å². The number of epoxide rings is 1. The number of carbonyl (C=O) groups excluding carboxylic acids is 2. The largest absolute Gasteiger partial charge is 0.472 e. The van der Waals surface area contributed by atoms with Crippen LogP contribution in [0.25, 0.3) is 0 Å². The van der Waals surface area contributed by atoms with E-state index < -0.39 is 122 Å². The highest BCUT2D eigenvalue weighted by atomic mass is 16.8. The number of ether oxygens (including phenoxy) is 8. The van der Waals surface area contributed by atoms with Crippen LogP contribution in [0.2, 0.25) is 0 Å². The van der Waals surface area contributed by atoms with Crippen molar-refractivity contribution in [3.63, 3.8) is 0 Å². The lowest BCUT2D eigenvalue weighted by atomic mass is 9.85. The van der Waals surface area contributed by atoms with Crippen molar-refractivity contribution in [1.29, 1.82) is 0 Å². The second kappa shape index (κ2) is 14.5. The number of fused-ring (bicyclic) bond motifs is 3. The second-order valence-corrected chi connectivity index (χ2v) is 13.2. The van der Waals surface area contributed by atoms with Gasteiger partial charge in [0.25, 0.3) is 0 Å². The molecule has 0 unspecified atom stereocenters. The molecule has 4 aliphatic heterocycles. The van der Waals surface area contributed by atoms with Gasteiger partial charge in [-0.05, 0) is 37.3 Å². The summed E-state index contributed by atoms with van der Waals surface area (Å²) in [5, 5.41) is 62.8. The smallest absolute Gasteiger partial charge is 0.338 e. The average Bonchev–Trinajstić information content (AvgIpc) is 3.83. The highest BCUT2D eigenvalue weighted by molar-refractivity contribution is 5.90. The molecule has 276 valence electrons. The van der Waals surface area contributed by atoms with Crippen LogP contribution < -0.4 is 0 Å². The van der Waals surface area contributed by atoms with E-state index >= 15 is 0 Å². The first-order chi connectivity index (χ1) is 24.6. The highest BCUT2D eigenvalue weighted by Gasteiger charge is 2.77. The Morgan fingerprint density at radius 3 is 1.94 bits per heavy atom. The van der Waals surface area contributed by atoms with Crippen LogP contribution in [-0.2, 0) is 37.9 Å². The first-order valence-corrected chi connectivity index (χ1v) is 16.7. The van der Waals surface area contributed by atoms with Crippen molar-refractivity contribution in [2.45, 2.75) is 92.4 Å². The number of carbonyl (C=O) groups is 2. The summed E-state index contributed by atoms with van der Waals surface area (Å²) in [5.74, 6) is -2.87. The van der Waals surface area contributed by atoms with Crippen LogP contribution in [0.1, 0.15) is 27.6 Å². The van der Waals surface area contributed by atoms with Gasteiger partial charge in [0.05, 0.1) is 48.7 Å². The summed E-state index contributed by atoms with van der Waals surface area (Å²) in [4.78, 5) is 26.3. The maximum Gasteiger partial charge on any atom is 0.338 e. The standard InChI is InChI=1S/C35H40O16/c1-16-26(47-30(42)17-8-4-2-5-9-17)28(48-31(43)18-10-6-3-7-11-18)25(41)34(45-16)49-27-19-12-13-44-32(21(19)35(15-37)29(27)51-35)50-33-24(40)23(39)22(38)20(14-36)46-33/h2-13,16,19-29,32-34,36-41H,14-15H2,1H3/t16-,19+,20+,21+,22+,23-,24+,25-,26-,27-,28-,29-,32-,33-,34-,35+/m0/s1. The lowest BCUT2D eigenvalue weighted by Gasteiger charge is -2.44. The number of benzene rings is 2. The molecule has 1 saturated carbocycles. The molecule has 2 aromatic carbocycles. The zero-order chi connectivity index (χ0) is 36.0. The molecule has 3 saturated heterocycles. The van der Waals surface area contributed by atoms with Crippen molar-refractivity contribution in [3.8, 4) is 0 Å². The third-order valence-electron chi connectivity index (χ3n) is 10.1. The van der Waals surface area contributed by atoms with Crippen molar-refractivity contribution >= 4 is 11.9 Å². The fraction of sp³-hybridized carbons (Fsp3) is 0.543. The predicted octanol–water partition coefficient (Wildman–Crippen LogP) is -1.01. The van der Waals surface area contributed by atoms with E-state index in [1.54, 1.807) is 61.5 Å². The van der Waals surface area contributed by atoms with E-state index in [9.17, 15) is 40.2 Å². The molecule has 0 aromatic heterocycles. The van der Waals surface area contributed by atoms with Gasteiger partial charge >= 0.3 is 11.9 Å². The van der Waals surface area contributed by atoms with Crippen LogP contribution in [0, 0.1) is 11.8 Å². The Balaban J connectivity index is 1.11. The van der Waals surface area contributed by atoms with E-state index in [1.807, 2.05) is 0 Å². The molecular formula is C35H40O16. The van der Waals surface area contributed by atoms with E-state index in [2.05, 4.69) is 0 Å². The van der Waals surface area contributed by atoms with Crippen LogP contribution in [0.3, 0.4) is 0 Å². The maximum atomic E-state index is 13.2. The molecule has 16 atom stereocenters. The minimum absolute atomic E-state index is 0.199. The Kier molecular flexibility index (Phi) is 10.2. The third-order valence-corrected chi connectivity index (χ3v) is 10.1. The van der Waals surface area contributed by atoms with E-state index in [1.165, 1.54) is 18.4 Å². The van der Waals surface area contributed by atoms with Crippen LogP contribution in [0.5, 0.6) is 0 Å². The molecular weight excluding hydrogens is 676 g/mol. The van der Waals surface area contributed by atoms with E-state index in [0.717, 1.165) is 0 Å². The maximum absolute atomic E-state index is 13.2. The SMILES string of the molecule is C[C@@H]1O[C@@H](O[C@H]2[C@@H]3C=CO[C@@H](O[C@@H]4O[C@H](CO)[C@@H](O)[C@H](O)[C@H]4O)[C@@H]3[C@@]3(CO)O[C@@H]23)[C@@H](O)[C@H](OC(=O)c2ccccc2)[C@H]1OC(=O)c1ccccc1. The lowest BCUT2D eigenvalue weighted by molar-refractivity contribution is -0.346. The molecule has 51 heavy (non-hydrogen) atoms. The molecule has 0 spiro atoms. The summed E-state index contributed by atoms with van der Waals surface area (Å²) in [6, 6.07) is 16.3. The van der Waals surface area contributed by atoms with Crippen molar-refractivity contribution in [2.24, 2.45) is 11.8 Å². The van der Waals surface area contributed by atoms with Crippen LogP contribution in [0.15, 0.2) is 73.0 Å². The summed E-state index contributed by atoms with van der Waals surface area (Å²) < 4.78 is 47.2. The fourth-order valence-corrected chi connectivity index (χ4v) is 7.39. The van der Waals surface area contributed by atoms with E-state index in [0.29, 0.717) is 0 Å². The van der Waals surface area contributed by atoms with Gasteiger partial charge in [0.1, 0.15) is 42.2 Å². The Bertz CT molecular complexity index is 1560. The van der Waals surface area contributed by atoms with Gasteiger partial charge in [-0.25, -0.2) is 9.59 Å². The predicted molar refractivity (Wildman–Crippen MR) is 167 cm³/mol. The van der Waals surface area contributed by atoms with E-state index in [4.69, 9.17) is 37.9 Å². The molecule has 16 nitrogen and oxygen atoms in total. The normalized spacial score (nSPS) is 42.6. The fourth-order valence-electron chi connectivity index (χ4n) is 7.39. The highest BCUT2D eigenvalue weighted by Crippen LogP contribution is 2.61. The number of aliphatic hydroxyl groups is 6. The van der Waals surface area contributed by atoms with Crippen molar-refractivity contribution in [1.82, 2.24) is 0 Å². The van der Waals surface area contributed by atoms with Crippen molar-refractivity contribution in [2.75, 3.05) is 13.2 Å². The summed E-state index contributed by atoms with van der Waals surface area (Å²) in [7, 11) is 0. The van der Waals surface area contributed by atoms with Gasteiger partial charge in [-0.15, -0.1) is 0 Å². The molecule has 2 aromatic rings. The second-order valence-electron chi connectivity index (χ2n) is 13.2. The first kappa shape index (κ1) is 35.9. The Hall–Kier alpha value is -3.52. The molecule has 1 aliphatic carbocycles. The molecule has 0 amide bonds. The quantitative estimate of drug-likeness (QED) is 0.128. The zero-order valence-electron chi connectivity index (χ0n) is 27.3. The van der Waals surface area contributed by atoms with Crippen molar-refractivity contribution < 1.29 is 78.1 Å². The molecule has 7 rings (SSSR count). The lowest BCUT2D eigenvalue weighted by Crippen LogP contribution is -2.61. The summed E-state index contributed by atoms with van der Waals surface area (Å²) in [6.07, 6.45) is -14.4. The van der Waals surface area contributed by atoms with E-state index in [-0.39, 0.29) is 11.1 Å². The number of esters is 2. The Morgan fingerprint density at radius 1 is 0.725 bits per heavy atom. The number of hydrogen-bond acceptors (Lipinski definition) is 16. The molecule has 6 N–H and O–H groups in total.